The summed E-state index contributed by atoms with van der Waals surface area (Å²) in [6.45, 7) is 4.76. The number of hydrogen-bond acceptors (Lipinski definition) is 7. The maximum Gasteiger partial charge on any atom is 0.338 e. The van der Waals surface area contributed by atoms with Crippen molar-refractivity contribution in [1.82, 2.24) is 10.2 Å². The summed E-state index contributed by atoms with van der Waals surface area (Å²) >= 11 is 1.47. The van der Waals surface area contributed by atoms with E-state index in [1.165, 1.54) is 18.9 Å². The van der Waals surface area contributed by atoms with Crippen LogP contribution in [0.5, 0.6) is 5.75 Å². The number of esters is 1. The minimum absolute atomic E-state index is 0.123. The summed E-state index contributed by atoms with van der Waals surface area (Å²) in [7, 11) is 1.38. The Balaban J connectivity index is 1.51. The lowest BCUT2D eigenvalue weighted by Gasteiger charge is -2.36. The largest absolute Gasteiger partial charge is 0.492 e. The van der Waals surface area contributed by atoms with Gasteiger partial charge in [0.2, 0.25) is 5.91 Å². The van der Waals surface area contributed by atoms with Crippen LogP contribution in [0.2, 0.25) is 0 Å². The van der Waals surface area contributed by atoms with Crippen LogP contribution in [0, 0.1) is 6.92 Å². The zero-order valence-electron chi connectivity index (χ0n) is 20.1. The number of nitrogens with zero attached hydrogens (tertiary/aromatic N) is 2. The minimum Gasteiger partial charge on any atom is -0.492 e. The number of methoxy groups -OCH3 is 1. The van der Waals surface area contributed by atoms with E-state index < -0.39 is 12.0 Å². The van der Waals surface area contributed by atoms with Gasteiger partial charge in [0, 0.05) is 5.70 Å². The predicted octanol–water partition coefficient (Wildman–Crippen LogP) is 4.72. The number of fused-ring (bicyclic) bond motifs is 1. The molecule has 2 aliphatic heterocycles. The Labute approximate surface area is 209 Å². The summed E-state index contributed by atoms with van der Waals surface area (Å²) in [4.78, 5) is 32.5. The first-order valence-corrected chi connectivity index (χ1v) is 12.5. The van der Waals surface area contributed by atoms with Gasteiger partial charge in [0.15, 0.2) is 5.17 Å². The average molecular weight is 492 g/mol. The minimum atomic E-state index is -0.416. The van der Waals surface area contributed by atoms with Crippen LogP contribution in [0.1, 0.15) is 36.9 Å². The van der Waals surface area contributed by atoms with Crippen molar-refractivity contribution < 1.29 is 19.1 Å². The van der Waals surface area contributed by atoms with E-state index in [9.17, 15) is 9.59 Å². The molecule has 0 aromatic heterocycles. The lowest BCUT2D eigenvalue weighted by molar-refractivity contribution is -0.136. The van der Waals surface area contributed by atoms with E-state index >= 15 is 0 Å². The highest BCUT2D eigenvalue weighted by Gasteiger charge is 2.41. The molecule has 2 aromatic carbocycles. The number of ether oxygens (including phenoxy) is 2. The number of amidine groups is 1. The zero-order chi connectivity index (χ0) is 24.8. The quantitative estimate of drug-likeness (QED) is 0.404. The van der Waals surface area contributed by atoms with Crippen LogP contribution >= 0.6 is 11.8 Å². The molecule has 0 spiro atoms. The third-order valence-electron chi connectivity index (χ3n) is 5.76. The molecule has 1 N–H and O–H groups in total. The normalized spacial score (nSPS) is 16.9. The summed E-state index contributed by atoms with van der Waals surface area (Å²) in [6.07, 6.45) is 0.761. The second-order valence-electron chi connectivity index (χ2n) is 8.20. The topological polar surface area (TPSA) is 80.2 Å². The van der Waals surface area contributed by atoms with Gasteiger partial charge in [0.25, 0.3) is 0 Å². The number of thioether (sulfide) groups is 1. The number of para-hydroxylation sites is 1. The molecule has 2 aliphatic rings. The zero-order valence-corrected chi connectivity index (χ0v) is 20.9. The Bertz CT molecular complexity index is 1190. The average Bonchev–Trinajstić information content (AvgIpc) is 3.27. The number of rotatable bonds is 9. The van der Waals surface area contributed by atoms with Gasteiger partial charge in [-0.25, -0.2) is 9.79 Å². The van der Waals surface area contributed by atoms with Gasteiger partial charge in [-0.15, -0.1) is 0 Å². The van der Waals surface area contributed by atoms with Crippen molar-refractivity contribution >= 4 is 28.8 Å². The molecule has 2 heterocycles. The summed E-state index contributed by atoms with van der Waals surface area (Å²) in [6, 6.07) is 17.1. The first-order valence-electron chi connectivity index (χ1n) is 11.6. The van der Waals surface area contributed by atoms with E-state index in [1.807, 2.05) is 72.7 Å². The van der Waals surface area contributed by atoms with Gasteiger partial charge in [0.1, 0.15) is 12.4 Å². The molecule has 7 nitrogen and oxygen atoms in total. The van der Waals surface area contributed by atoms with Crippen LogP contribution in [0.3, 0.4) is 0 Å². The molecule has 0 bridgehead atoms. The Morgan fingerprint density at radius 1 is 1.14 bits per heavy atom. The molecule has 2 aromatic rings. The molecule has 1 amide bonds. The van der Waals surface area contributed by atoms with Gasteiger partial charge < -0.3 is 19.7 Å². The highest BCUT2D eigenvalue weighted by atomic mass is 32.2. The molecule has 0 saturated heterocycles. The number of carbonyl (C=O) groups excluding carboxylic acids is 2. The van der Waals surface area contributed by atoms with E-state index in [0.29, 0.717) is 30.8 Å². The number of hydrogen-bond donors (Lipinski definition) is 1. The van der Waals surface area contributed by atoms with Crippen LogP contribution in [-0.2, 0) is 14.3 Å². The van der Waals surface area contributed by atoms with Crippen molar-refractivity contribution in [2.24, 2.45) is 4.99 Å². The second kappa shape index (κ2) is 11.3. The molecule has 4 rings (SSSR count). The van der Waals surface area contributed by atoms with Gasteiger partial charge in [-0.3, -0.25) is 4.79 Å². The summed E-state index contributed by atoms with van der Waals surface area (Å²) in [5, 5.41) is 5.62. The van der Waals surface area contributed by atoms with E-state index in [4.69, 9.17) is 14.5 Å². The fourth-order valence-corrected chi connectivity index (χ4v) is 5.11. The first kappa shape index (κ1) is 24.6. The van der Waals surface area contributed by atoms with Gasteiger partial charge >= 0.3 is 5.97 Å². The van der Waals surface area contributed by atoms with Crippen LogP contribution in [0.15, 0.2) is 82.0 Å². The number of aliphatic imine (C=N–C) groups is 1. The molecule has 0 saturated carbocycles. The third-order valence-corrected chi connectivity index (χ3v) is 6.65. The summed E-state index contributed by atoms with van der Waals surface area (Å²) in [5.41, 5.74) is 4.04. The van der Waals surface area contributed by atoms with Crippen LogP contribution in [0.25, 0.3) is 0 Å². The standard InChI is InChI=1S/C27H29N3O4S/c1-4-22-24(26(32)33-3)25(19-10-8-9-18(2)15-19)30-20(17-35-27(30)29-22)16-23(31)28-13-14-34-21-11-6-5-7-12-21/h5-12,15,17,25H,4,13-14,16H2,1-3H3,(H,28,31)/t25-/m1/s1. The molecule has 0 fully saturated rings. The molecule has 0 unspecified atom stereocenters. The second-order valence-corrected chi connectivity index (χ2v) is 9.04. The molecule has 8 heteroatoms. The Hall–Kier alpha value is -3.52. The number of allylic oxidation sites excluding steroid dienone is 1. The fraction of sp³-hybridized carbons (Fsp3) is 0.296. The maximum atomic E-state index is 12.9. The first-order chi connectivity index (χ1) is 17.0. The Morgan fingerprint density at radius 3 is 2.66 bits per heavy atom. The third kappa shape index (κ3) is 5.59. The fourth-order valence-electron chi connectivity index (χ4n) is 4.17. The van der Waals surface area contributed by atoms with Gasteiger partial charge in [-0.2, -0.15) is 0 Å². The van der Waals surface area contributed by atoms with E-state index in [0.717, 1.165) is 27.7 Å². The molecular weight excluding hydrogens is 462 g/mol. The number of benzene rings is 2. The van der Waals surface area contributed by atoms with Crippen LogP contribution in [0.4, 0.5) is 0 Å². The highest BCUT2D eigenvalue weighted by Crippen LogP contribution is 2.45. The van der Waals surface area contributed by atoms with E-state index in [1.54, 1.807) is 0 Å². The monoisotopic (exact) mass is 491 g/mol. The van der Waals surface area contributed by atoms with Crippen LogP contribution in [-0.4, -0.2) is 42.2 Å². The summed E-state index contributed by atoms with van der Waals surface area (Å²) in [5.74, 6) is 0.234. The molecular formula is C27H29N3O4S. The lowest BCUT2D eigenvalue weighted by atomic mass is 9.92. The van der Waals surface area contributed by atoms with Gasteiger partial charge in [-0.05, 0) is 36.4 Å². The SMILES string of the molecule is CCC1=C(C(=O)OC)[C@@H](c2cccc(C)c2)N2C(CC(=O)NCCOc3ccccc3)=CSC2=N1. The number of amides is 1. The molecule has 182 valence electrons. The molecule has 0 radical (unpaired) electrons. The Morgan fingerprint density at radius 2 is 1.94 bits per heavy atom. The smallest absolute Gasteiger partial charge is 0.338 e. The maximum absolute atomic E-state index is 12.9. The van der Waals surface area contributed by atoms with Crippen molar-refractivity contribution in [1.29, 1.82) is 0 Å². The van der Waals surface area contributed by atoms with Crippen molar-refractivity contribution in [3.05, 3.63) is 88.1 Å². The summed E-state index contributed by atoms with van der Waals surface area (Å²) < 4.78 is 10.8. The lowest BCUT2D eigenvalue weighted by Crippen LogP contribution is -2.38. The number of nitrogens with one attached hydrogen (secondary N) is 1. The van der Waals surface area contributed by atoms with Gasteiger partial charge in [-0.1, -0.05) is 66.7 Å². The molecule has 1 atom stereocenters. The van der Waals surface area contributed by atoms with Crippen molar-refractivity contribution in [2.45, 2.75) is 32.7 Å². The molecule has 0 aliphatic carbocycles. The van der Waals surface area contributed by atoms with E-state index in [-0.39, 0.29) is 12.3 Å². The Kier molecular flexibility index (Phi) is 7.92. The molecule has 35 heavy (non-hydrogen) atoms. The van der Waals surface area contributed by atoms with Gasteiger partial charge in [0.05, 0.1) is 37.4 Å². The predicted molar refractivity (Wildman–Crippen MR) is 138 cm³/mol. The van der Waals surface area contributed by atoms with Crippen LogP contribution < -0.4 is 10.1 Å². The highest BCUT2D eigenvalue weighted by molar-refractivity contribution is 8.16. The number of carbonyl (C=O) groups is 2. The van der Waals surface area contributed by atoms with Crippen molar-refractivity contribution in [2.75, 3.05) is 20.3 Å². The van der Waals surface area contributed by atoms with Crippen molar-refractivity contribution in [3.8, 4) is 5.75 Å². The van der Waals surface area contributed by atoms with Crippen molar-refractivity contribution in [3.63, 3.8) is 0 Å². The number of aryl methyl sites for hydroxylation is 1. The van der Waals surface area contributed by atoms with E-state index in [2.05, 4.69) is 11.4 Å².